The molecule has 1 aromatic rings. The predicted molar refractivity (Wildman–Crippen MR) is 61.3 cm³/mol. The zero-order valence-electron chi connectivity index (χ0n) is 9.58. The first-order valence-electron chi connectivity index (χ1n) is 5.76. The van der Waals surface area contributed by atoms with E-state index in [4.69, 9.17) is 15.2 Å². The van der Waals surface area contributed by atoms with E-state index in [9.17, 15) is 0 Å². The maximum atomic E-state index is 6.20. The topological polar surface area (TPSA) is 44.5 Å². The van der Waals surface area contributed by atoms with Crippen molar-refractivity contribution < 1.29 is 9.47 Å². The van der Waals surface area contributed by atoms with E-state index in [1.807, 2.05) is 6.07 Å². The summed E-state index contributed by atoms with van der Waals surface area (Å²) in [5.74, 6) is 0.959. The van der Waals surface area contributed by atoms with Gasteiger partial charge in [-0.05, 0) is 36.5 Å². The van der Waals surface area contributed by atoms with E-state index in [2.05, 4.69) is 6.07 Å². The standard InChI is InChI=1S/C13H17NO2/c1-15-12-3-2-9-7-16-8-11(9)10(12)6-13(14)4-5-13/h2-3H,4-8,14H2,1H3. The molecule has 0 amide bonds. The van der Waals surface area contributed by atoms with Gasteiger partial charge in [0.15, 0.2) is 0 Å². The van der Waals surface area contributed by atoms with Crippen molar-refractivity contribution in [1.29, 1.82) is 0 Å². The van der Waals surface area contributed by atoms with Crippen LogP contribution in [0.3, 0.4) is 0 Å². The third kappa shape index (κ3) is 1.60. The molecule has 2 N–H and O–H groups in total. The van der Waals surface area contributed by atoms with Crippen LogP contribution in [0, 0.1) is 0 Å². The van der Waals surface area contributed by atoms with E-state index in [-0.39, 0.29) is 5.54 Å². The van der Waals surface area contributed by atoms with Gasteiger partial charge in [-0.15, -0.1) is 0 Å². The second-order valence-electron chi connectivity index (χ2n) is 4.92. The average molecular weight is 219 g/mol. The van der Waals surface area contributed by atoms with Crippen molar-refractivity contribution in [2.45, 2.75) is 38.0 Å². The molecule has 3 nitrogen and oxygen atoms in total. The van der Waals surface area contributed by atoms with Crippen molar-refractivity contribution in [2.24, 2.45) is 5.73 Å². The molecule has 3 heteroatoms. The minimum atomic E-state index is 0.0188. The molecule has 0 saturated heterocycles. The monoisotopic (exact) mass is 219 g/mol. The molecule has 1 aliphatic carbocycles. The van der Waals surface area contributed by atoms with Gasteiger partial charge in [-0.3, -0.25) is 0 Å². The predicted octanol–water partition coefficient (Wildman–Crippen LogP) is 1.76. The summed E-state index contributed by atoms with van der Waals surface area (Å²) in [7, 11) is 1.72. The molecule has 1 aliphatic heterocycles. The van der Waals surface area contributed by atoms with E-state index in [1.165, 1.54) is 16.7 Å². The summed E-state index contributed by atoms with van der Waals surface area (Å²) in [5, 5.41) is 0. The highest BCUT2D eigenvalue weighted by molar-refractivity contribution is 5.47. The van der Waals surface area contributed by atoms with Crippen LogP contribution in [0.25, 0.3) is 0 Å². The van der Waals surface area contributed by atoms with Gasteiger partial charge in [0.05, 0.1) is 20.3 Å². The Hall–Kier alpha value is -1.06. The molecule has 0 bridgehead atoms. The van der Waals surface area contributed by atoms with Gasteiger partial charge in [0.2, 0.25) is 0 Å². The Kier molecular flexibility index (Phi) is 2.19. The lowest BCUT2D eigenvalue weighted by Crippen LogP contribution is -2.25. The van der Waals surface area contributed by atoms with Gasteiger partial charge in [0.1, 0.15) is 5.75 Å². The van der Waals surface area contributed by atoms with Crippen LogP contribution in [0.2, 0.25) is 0 Å². The Bertz CT molecular complexity index is 424. The van der Waals surface area contributed by atoms with Gasteiger partial charge in [0, 0.05) is 11.1 Å². The first-order valence-corrected chi connectivity index (χ1v) is 5.76. The zero-order chi connectivity index (χ0) is 11.2. The molecule has 3 rings (SSSR count). The molecule has 1 aromatic carbocycles. The SMILES string of the molecule is COc1ccc2c(c1CC1(N)CC1)COC2. The summed E-state index contributed by atoms with van der Waals surface area (Å²) >= 11 is 0. The number of rotatable bonds is 3. The Labute approximate surface area is 95.5 Å². The molecule has 0 radical (unpaired) electrons. The molecule has 1 heterocycles. The lowest BCUT2D eigenvalue weighted by molar-refractivity contribution is 0.134. The van der Waals surface area contributed by atoms with Crippen LogP contribution < -0.4 is 10.5 Å². The number of benzene rings is 1. The number of hydrogen-bond donors (Lipinski definition) is 1. The molecular formula is C13H17NO2. The van der Waals surface area contributed by atoms with Gasteiger partial charge >= 0.3 is 0 Å². The van der Waals surface area contributed by atoms with Crippen LogP contribution in [0.15, 0.2) is 12.1 Å². The molecule has 2 aliphatic rings. The van der Waals surface area contributed by atoms with Crippen molar-refractivity contribution in [3.05, 3.63) is 28.8 Å². The third-order valence-electron chi connectivity index (χ3n) is 3.63. The lowest BCUT2D eigenvalue weighted by Gasteiger charge is -2.16. The number of methoxy groups -OCH3 is 1. The minimum absolute atomic E-state index is 0.0188. The summed E-state index contributed by atoms with van der Waals surface area (Å²) in [4.78, 5) is 0. The number of hydrogen-bond acceptors (Lipinski definition) is 3. The molecule has 0 aromatic heterocycles. The normalized spacial score (nSPS) is 20.6. The Morgan fingerprint density at radius 2 is 2.19 bits per heavy atom. The fourth-order valence-electron chi connectivity index (χ4n) is 2.37. The van der Waals surface area contributed by atoms with Gasteiger partial charge in [-0.2, -0.15) is 0 Å². The molecule has 0 unspecified atom stereocenters. The first kappa shape index (κ1) is 10.1. The second kappa shape index (κ2) is 3.47. The second-order valence-corrected chi connectivity index (χ2v) is 4.92. The largest absolute Gasteiger partial charge is 0.496 e. The van der Waals surface area contributed by atoms with Crippen LogP contribution in [0.4, 0.5) is 0 Å². The number of nitrogens with two attached hydrogens (primary N) is 1. The van der Waals surface area contributed by atoms with Crippen molar-refractivity contribution in [2.75, 3.05) is 7.11 Å². The van der Waals surface area contributed by atoms with Crippen molar-refractivity contribution in [1.82, 2.24) is 0 Å². The fourth-order valence-corrected chi connectivity index (χ4v) is 2.37. The zero-order valence-corrected chi connectivity index (χ0v) is 9.58. The lowest BCUT2D eigenvalue weighted by atomic mass is 9.96. The summed E-state index contributed by atoms with van der Waals surface area (Å²) in [6.45, 7) is 1.43. The highest BCUT2D eigenvalue weighted by Gasteiger charge is 2.39. The first-order chi connectivity index (χ1) is 7.72. The third-order valence-corrected chi connectivity index (χ3v) is 3.63. The summed E-state index contributed by atoms with van der Waals surface area (Å²) in [5.41, 5.74) is 10.1. The maximum Gasteiger partial charge on any atom is 0.122 e. The van der Waals surface area contributed by atoms with E-state index in [1.54, 1.807) is 7.11 Å². The molecular weight excluding hydrogens is 202 g/mol. The maximum absolute atomic E-state index is 6.20. The van der Waals surface area contributed by atoms with Crippen molar-refractivity contribution in [3.63, 3.8) is 0 Å². The molecule has 1 fully saturated rings. The Balaban J connectivity index is 2.02. The van der Waals surface area contributed by atoms with Crippen LogP contribution in [0.1, 0.15) is 29.5 Å². The smallest absolute Gasteiger partial charge is 0.122 e. The van der Waals surface area contributed by atoms with Gasteiger partial charge < -0.3 is 15.2 Å². The fraction of sp³-hybridized carbons (Fsp3) is 0.538. The highest BCUT2D eigenvalue weighted by atomic mass is 16.5. The van der Waals surface area contributed by atoms with E-state index >= 15 is 0 Å². The van der Waals surface area contributed by atoms with E-state index in [0.717, 1.165) is 31.6 Å². The molecule has 0 atom stereocenters. The summed E-state index contributed by atoms with van der Waals surface area (Å²) < 4.78 is 10.9. The van der Waals surface area contributed by atoms with Crippen LogP contribution in [0.5, 0.6) is 5.75 Å². The summed E-state index contributed by atoms with van der Waals surface area (Å²) in [6.07, 6.45) is 3.17. The molecule has 0 spiro atoms. The molecule has 16 heavy (non-hydrogen) atoms. The molecule has 1 saturated carbocycles. The Morgan fingerprint density at radius 1 is 1.38 bits per heavy atom. The highest BCUT2D eigenvalue weighted by Crippen LogP contribution is 2.40. The van der Waals surface area contributed by atoms with Gasteiger partial charge in [0.25, 0.3) is 0 Å². The number of ether oxygens (including phenoxy) is 2. The van der Waals surface area contributed by atoms with Crippen LogP contribution in [-0.2, 0) is 24.4 Å². The van der Waals surface area contributed by atoms with Gasteiger partial charge in [-0.25, -0.2) is 0 Å². The van der Waals surface area contributed by atoms with Crippen molar-refractivity contribution >= 4 is 0 Å². The van der Waals surface area contributed by atoms with Crippen LogP contribution >= 0.6 is 0 Å². The summed E-state index contributed by atoms with van der Waals surface area (Å²) in [6, 6.07) is 4.13. The van der Waals surface area contributed by atoms with E-state index < -0.39 is 0 Å². The van der Waals surface area contributed by atoms with E-state index in [0.29, 0.717) is 6.61 Å². The van der Waals surface area contributed by atoms with Crippen LogP contribution in [-0.4, -0.2) is 12.6 Å². The van der Waals surface area contributed by atoms with Gasteiger partial charge in [-0.1, -0.05) is 6.07 Å². The minimum Gasteiger partial charge on any atom is -0.496 e. The average Bonchev–Trinajstić information content (AvgIpc) is 2.82. The quantitative estimate of drug-likeness (QED) is 0.842. The number of fused-ring (bicyclic) bond motifs is 1. The Morgan fingerprint density at radius 3 is 2.88 bits per heavy atom. The van der Waals surface area contributed by atoms with Crippen molar-refractivity contribution in [3.8, 4) is 5.75 Å². The molecule has 86 valence electrons.